The summed E-state index contributed by atoms with van der Waals surface area (Å²) in [6.45, 7) is 3.90. The van der Waals surface area contributed by atoms with Crippen LogP contribution in [-0.4, -0.2) is 10.9 Å². The number of amides is 1. The molecule has 0 spiro atoms. The van der Waals surface area contributed by atoms with Crippen LogP contribution in [0.3, 0.4) is 0 Å². The van der Waals surface area contributed by atoms with E-state index in [9.17, 15) is 13.6 Å². The minimum absolute atomic E-state index is 0.240. The summed E-state index contributed by atoms with van der Waals surface area (Å²) in [7, 11) is 0. The van der Waals surface area contributed by atoms with Gasteiger partial charge in [-0.25, -0.2) is 8.78 Å². The lowest BCUT2D eigenvalue weighted by Gasteiger charge is -2.09. The van der Waals surface area contributed by atoms with Crippen molar-refractivity contribution in [1.82, 2.24) is 4.98 Å². The zero-order valence-corrected chi connectivity index (χ0v) is 14.3. The van der Waals surface area contributed by atoms with Crippen LogP contribution >= 0.6 is 0 Å². The minimum atomic E-state index is -0.656. The van der Waals surface area contributed by atoms with E-state index in [4.69, 9.17) is 0 Å². The highest BCUT2D eigenvalue weighted by atomic mass is 19.1. The van der Waals surface area contributed by atoms with Gasteiger partial charge in [0.15, 0.2) is 0 Å². The first-order valence-corrected chi connectivity index (χ1v) is 8.21. The second-order valence-electron chi connectivity index (χ2n) is 6.45. The number of nitrogens with one attached hydrogen (secondary N) is 2. The first-order chi connectivity index (χ1) is 12.4. The molecule has 3 nitrogen and oxygen atoms in total. The van der Waals surface area contributed by atoms with E-state index < -0.39 is 11.6 Å². The summed E-state index contributed by atoms with van der Waals surface area (Å²) >= 11 is 0. The molecule has 0 saturated heterocycles. The summed E-state index contributed by atoms with van der Waals surface area (Å²) in [6, 6.07) is 10.6. The highest BCUT2D eigenvalue weighted by Crippen LogP contribution is 2.40. The van der Waals surface area contributed by atoms with E-state index in [2.05, 4.69) is 10.3 Å². The number of aryl methyl sites for hydroxylation is 2. The second kappa shape index (κ2) is 5.95. The van der Waals surface area contributed by atoms with Gasteiger partial charge in [-0.1, -0.05) is 12.1 Å². The summed E-state index contributed by atoms with van der Waals surface area (Å²) in [5, 5.41) is 2.82. The molecule has 26 heavy (non-hydrogen) atoms. The summed E-state index contributed by atoms with van der Waals surface area (Å²) in [6.07, 6.45) is 1.78. The highest BCUT2D eigenvalue weighted by Gasteiger charge is 2.27. The molecule has 0 bridgehead atoms. The van der Waals surface area contributed by atoms with E-state index in [-0.39, 0.29) is 5.91 Å². The quantitative estimate of drug-likeness (QED) is 0.623. The van der Waals surface area contributed by atoms with E-state index in [0.29, 0.717) is 28.0 Å². The van der Waals surface area contributed by atoms with Crippen molar-refractivity contribution in [3.8, 4) is 11.1 Å². The molecule has 2 aromatic carbocycles. The molecule has 0 atom stereocenters. The number of carbonyl (C=O) groups is 1. The summed E-state index contributed by atoms with van der Waals surface area (Å²) in [4.78, 5) is 15.8. The fourth-order valence-electron chi connectivity index (χ4n) is 3.38. The molecule has 4 rings (SSSR count). The van der Waals surface area contributed by atoms with Crippen LogP contribution in [0.5, 0.6) is 0 Å². The SMILES string of the molecule is Cc1cc(C)c(/C=C2\C(=O)Nc3cccc(-c4cc(F)cc(F)c4)c32)[nH]1. The summed E-state index contributed by atoms with van der Waals surface area (Å²) < 4.78 is 27.4. The molecule has 0 fully saturated rings. The normalized spacial score (nSPS) is 14.6. The molecule has 1 amide bonds. The molecule has 1 aliphatic rings. The Bertz CT molecular complexity index is 1060. The lowest BCUT2D eigenvalue weighted by molar-refractivity contribution is -0.110. The van der Waals surface area contributed by atoms with Crippen LogP contribution in [0, 0.1) is 25.5 Å². The van der Waals surface area contributed by atoms with Crippen molar-refractivity contribution < 1.29 is 13.6 Å². The third kappa shape index (κ3) is 2.71. The van der Waals surface area contributed by atoms with Crippen molar-refractivity contribution in [2.45, 2.75) is 13.8 Å². The first kappa shape index (κ1) is 16.3. The number of aromatic nitrogens is 1. The van der Waals surface area contributed by atoms with Crippen molar-refractivity contribution in [2.24, 2.45) is 0 Å². The van der Waals surface area contributed by atoms with Crippen LogP contribution < -0.4 is 5.32 Å². The molecule has 5 heteroatoms. The van der Waals surface area contributed by atoms with Crippen LogP contribution in [0.2, 0.25) is 0 Å². The van der Waals surface area contributed by atoms with Crippen molar-refractivity contribution in [2.75, 3.05) is 5.32 Å². The van der Waals surface area contributed by atoms with E-state index in [0.717, 1.165) is 23.0 Å². The number of aromatic amines is 1. The second-order valence-corrected chi connectivity index (χ2v) is 6.45. The van der Waals surface area contributed by atoms with E-state index >= 15 is 0 Å². The summed E-state index contributed by atoms with van der Waals surface area (Å²) in [5.41, 5.74) is 5.58. The Morgan fingerprint density at radius 2 is 1.73 bits per heavy atom. The number of halogens is 2. The van der Waals surface area contributed by atoms with Gasteiger partial charge in [0.1, 0.15) is 11.6 Å². The van der Waals surface area contributed by atoms with Gasteiger partial charge in [0.25, 0.3) is 5.91 Å². The van der Waals surface area contributed by atoms with Gasteiger partial charge in [-0.2, -0.15) is 0 Å². The van der Waals surface area contributed by atoms with Crippen molar-refractivity contribution in [1.29, 1.82) is 0 Å². The molecule has 0 unspecified atom stereocenters. The van der Waals surface area contributed by atoms with Crippen molar-refractivity contribution in [3.63, 3.8) is 0 Å². The van der Waals surface area contributed by atoms with Crippen molar-refractivity contribution in [3.05, 3.63) is 76.6 Å². The van der Waals surface area contributed by atoms with Gasteiger partial charge in [-0.3, -0.25) is 4.79 Å². The van der Waals surface area contributed by atoms with Gasteiger partial charge in [0.2, 0.25) is 0 Å². The predicted octanol–water partition coefficient (Wildman–Crippen LogP) is 5.07. The van der Waals surface area contributed by atoms with Gasteiger partial charge in [0.05, 0.1) is 5.57 Å². The Morgan fingerprint density at radius 3 is 2.38 bits per heavy atom. The average Bonchev–Trinajstić information content (AvgIpc) is 3.05. The Morgan fingerprint density at radius 1 is 1.00 bits per heavy atom. The van der Waals surface area contributed by atoms with E-state index in [1.54, 1.807) is 24.3 Å². The molecule has 1 aromatic heterocycles. The molecule has 1 aliphatic heterocycles. The maximum Gasteiger partial charge on any atom is 0.256 e. The third-order valence-electron chi connectivity index (χ3n) is 4.48. The lowest BCUT2D eigenvalue weighted by Crippen LogP contribution is -2.03. The van der Waals surface area contributed by atoms with Crippen LogP contribution in [0.4, 0.5) is 14.5 Å². The highest BCUT2D eigenvalue weighted by molar-refractivity contribution is 6.36. The molecular weight excluding hydrogens is 334 g/mol. The molecule has 2 heterocycles. The number of hydrogen-bond acceptors (Lipinski definition) is 1. The number of carbonyl (C=O) groups excluding carboxylic acids is 1. The topological polar surface area (TPSA) is 44.9 Å². The molecule has 0 radical (unpaired) electrons. The third-order valence-corrected chi connectivity index (χ3v) is 4.48. The van der Waals surface area contributed by atoms with Crippen LogP contribution in [0.15, 0.2) is 42.5 Å². The molecule has 130 valence electrons. The number of hydrogen-bond donors (Lipinski definition) is 2. The Balaban J connectivity index is 1.93. The number of rotatable bonds is 2. The van der Waals surface area contributed by atoms with Crippen LogP contribution in [0.1, 0.15) is 22.5 Å². The van der Waals surface area contributed by atoms with Gasteiger partial charge in [-0.15, -0.1) is 0 Å². The van der Waals surface area contributed by atoms with Crippen LogP contribution in [-0.2, 0) is 4.79 Å². The smallest absolute Gasteiger partial charge is 0.256 e. The van der Waals surface area contributed by atoms with E-state index in [1.165, 1.54) is 12.1 Å². The minimum Gasteiger partial charge on any atom is -0.359 e. The maximum absolute atomic E-state index is 13.7. The number of anilines is 1. The predicted molar refractivity (Wildman–Crippen MR) is 98.6 cm³/mol. The molecule has 0 saturated carbocycles. The Hall–Kier alpha value is -3.21. The summed E-state index contributed by atoms with van der Waals surface area (Å²) in [5.74, 6) is -1.55. The molecule has 3 aromatic rings. The molecule has 0 aliphatic carbocycles. The maximum atomic E-state index is 13.7. The number of H-pyrrole nitrogens is 1. The van der Waals surface area contributed by atoms with Crippen LogP contribution in [0.25, 0.3) is 22.8 Å². The molecule has 2 N–H and O–H groups in total. The number of fused-ring (bicyclic) bond motifs is 1. The average molecular weight is 350 g/mol. The fraction of sp³-hybridized carbons (Fsp3) is 0.0952. The van der Waals surface area contributed by atoms with Gasteiger partial charge >= 0.3 is 0 Å². The Labute approximate surface area is 149 Å². The van der Waals surface area contributed by atoms with Crippen molar-refractivity contribution >= 4 is 23.2 Å². The lowest BCUT2D eigenvalue weighted by atomic mass is 9.94. The fourth-order valence-corrected chi connectivity index (χ4v) is 3.38. The zero-order chi connectivity index (χ0) is 18.4. The first-order valence-electron chi connectivity index (χ1n) is 8.21. The monoisotopic (exact) mass is 350 g/mol. The van der Waals surface area contributed by atoms with Gasteiger partial charge in [-0.05, 0) is 60.9 Å². The largest absolute Gasteiger partial charge is 0.359 e. The number of benzene rings is 2. The van der Waals surface area contributed by atoms with E-state index in [1.807, 2.05) is 19.9 Å². The standard InChI is InChI=1S/C21H16F2N2O/c1-11-6-12(2)24-19(11)10-17-20-16(4-3-5-18(20)25-21(17)26)13-7-14(22)9-15(23)8-13/h3-10,24H,1-2H3,(H,25,26)/b17-10-. The Kier molecular flexibility index (Phi) is 3.72. The molecular formula is C21H16F2N2O. The zero-order valence-electron chi connectivity index (χ0n) is 14.3. The van der Waals surface area contributed by atoms with Gasteiger partial charge in [0, 0.05) is 28.7 Å². The van der Waals surface area contributed by atoms with Gasteiger partial charge < -0.3 is 10.3 Å².